The molecule has 7 heteroatoms. The molecule has 102 valence electrons. The number of hydrogen-bond acceptors (Lipinski definition) is 2. The van der Waals surface area contributed by atoms with Crippen molar-refractivity contribution < 1.29 is 8.42 Å². The van der Waals surface area contributed by atoms with E-state index in [-0.39, 0.29) is 11.4 Å². The van der Waals surface area contributed by atoms with Gasteiger partial charge in [0.1, 0.15) is 0 Å². The number of halogens is 2. The Balaban J connectivity index is 2.16. The molecule has 0 aliphatic heterocycles. The van der Waals surface area contributed by atoms with E-state index in [1.807, 2.05) is 30.1 Å². The predicted octanol–water partition coefficient (Wildman–Crippen LogP) is 2.92. The highest BCUT2D eigenvalue weighted by molar-refractivity contribution is 9.10. The van der Waals surface area contributed by atoms with Gasteiger partial charge in [0.15, 0.2) is 0 Å². The van der Waals surface area contributed by atoms with Crippen molar-refractivity contribution in [2.24, 2.45) is 7.05 Å². The van der Waals surface area contributed by atoms with Crippen molar-refractivity contribution >= 4 is 37.6 Å². The fraction of sp³-hybridized carbons (Fsp3) is 0.167. The van der Waals surface area contributed by atoms with Crippen molar-refractivity contribution in [3.8, 4) is 0 Å². The average molecular weight is 364 g/mol. The van der Waals surface area contributed by atoms with Gasteiger partial charge in [-0.3, -0.25) is 0 Å². The second-order valence-corrected chi connectivity index (χ2v) is 7.11. The summed E-state index contributed by atoms with van der Waals surface area (Å²) in [5.74, 6) is 0. The zero-order valence-electron chi connectivity index (χ0n) is 10.1. The van der Waals surface area contributed by atoms with Crippen LogP contribution in [0, 0.1) is 0 Å². The Morgan fingerprint density at radius 2 is 2.11 bits per heavy atom. The maximum atomic E-state index is 12.1. The third kappa shape index (κ3) is 3.60. The van der Waals surface area contributed by atoms with Crippen LogP contribution in [0.5, 0.6) is 0 Å². The normalized spacial score (nSPS) is 11.7. The summed E-state index contributed by atoms with van der Waals surface area (Å²) in [7, 11) is -1.65. The largest absolute Gasteiger partial charge is 0.357 e. The van der Waals surface area contributed by atoms with E-state index in [1.54, 1.807) is 6.07 Å². The molecule has 0 saturated heterocycles. The number of benzene rings is 1. The molecule has 0 amide bonds. The maximum Gasteiger partial charge on any atom is 0.240 e. The molecule has 0 saturated carbocycles. The fourth-order valence-electron chi connectivity index (χ4n) is 1.57. The minimum absolute atomic E-state index is 0.180. The summed E-state index contributed by atoms with van der Waals surface area (Å²) in [5, 5.41) is 0.474. The van der Waals surface area contributed by atoms with E-state index in [2.05, 4.69) is 20.7 Å². The molecule has 0 aliphatic rings. The van der Waals surface area contributed by atoms with Crippen LogP contribution in [0.15, 0.2) is 46.0 Å². The number of nitrogens with zero attached hydrogens (tertiary/aromatic N) is 1. The Hall–Kier alpha value is -0.820. The molecule has 0 bridgehead atoms. The molecule has 0 unspecified atom stereocenters. The molecule has 2 rings (SSSR count). The summed E-state index contributed by atoms with van der Waals surface area (Å²) < 4.78 is 29.2. The van der Waals surface area contributed by atoms with Gasteiger partial charge in [0.2, 0.25) is 10.0 Å². The van der Waals surface area contributed by atoms with Gasteiger partial charge in [-0.2, -0.15) is 0 Å². The molecule has 4 nitrogen and oxygen atoms in total. The Morgan fingerprint density at radius 3 is 2.68 bits per heavy atom. The average Bonchev–Trinajstić information content (AvgIpc) is 2.76. The Morgan fingerprint density at radius 1 is 1.37 bits per heavy atom. The van der Waals surface area contributed by atoms with Gasteiger partial charge in [-0.25, -0.2) is 13.1 Å². The number of nitrogens with one attached hydrogen (secondary N) is 1. The van der Waals surface area contributed by atoms with Crippen molar-refractivity contribution in [3.05, 3.63) is 51.7 Å². The molecule has 0 atom stereocenters. The molecule has 1 aromatic heterocycles. The minimum atomic E-state index is -3.54. The Kier molecular flexibility index (Phi) is 4.35. The number of aromatic nitrogens is 1. The molecule has 0 spiro atoms. The van der Waals surface area contributed by atoms with Crippen molar-refractivity contribution in [2.45, 2.75) is 11.4 Å². The van der Waals surface area contributed by atoms with E-state index < -0.39 is 10.0 Å². The van der Waals surface area contributed by atoms with Gasteiger partial charge >= 0.3 is 0 Å². The minimum Gasteiger partial charge on any atom is -0.357 e. The van der Waals surface area contributed by atoms with E-state index in [9.17, 15) is 8.42 Å². The van der Waals surface area contributed by atoms with Crippen LogP contribution in [-0.2, 0) is 23.6 Å². The fourth-order valence-corrected chi connectivity index (χ4v) is 3.26. The van der Waals surface area contributed by atoms with Gasteiger partial charge in [-0.1, -0.05) is 11.6 Å². The first kappa shape index (κ1) is 14.6. The van der Waals surface area contributed by atoms with Crippen LogP contribution in [0.25, 0.3) is 0 Å². The van der Waals surface area contributed by atoms with Crippen molar-refractivity contribution in [2.75, 3.05) is 0 Å². The zero-order valence-corrected chi connectivity index (χ0v) is 13.3. The molecule has 0 radical (unpaired) electrons. The van der Waals surface area contributed by atoms with Crippen molar-refractivity contribution in [1.29, 1.82) is 0 Å². The lowest BCUT2D eigenvalue weighted by Gasteiger charge is -2.07. The van der Waals surface area contributed by atoms with E-state index >= 15 is 0 Å². The summed E-state index contributed by atoms with van der Waals surface area (Å²) >= 11 is 9.05. The summed E-state index contributed by atoms with van der Waals surface area (Å²) in [4.78, 5) is 0.180. The lowest BCUT2D eigenvalue weighted by atomic mass is 10.3. The van der Waals surface area contributed by atoms with Crippen LogP contribution in [0.3, 0.4) is 0 Å². The molecule has 0 aliphatic carbocycles. The highest BCUT2D eigenvalue weighted by atomic mass is 79.9. The summed E-state index contributed by atoms with van der Waals surface area (Å²) in [6, 6.07) is 6.36. The Bertz CT molecular complexity index is 698. The van der Waals surface area contributed by atoms with Crippen LogP contribution < -0.4 is 4.72 Å². The number of sulfonamides is 1. The Labute approximate surface area is 125 Å². The monoisotopic (exact) mass is 362 g/mol. The van der Waals surface area contributed by atoms with Crippen LogP contribution >= 0.6 is 27.5 Å². The van der Waals surface area contributed by atoms with Gasteiger partial charge in [0.25, 0.3) is 0 Å². The third-order valence-electron chi connectivity index (χ3n) is 2.56. The lowest BCUT2D eigenvalue weighted by molar-refractivity contribution is 0.581. The summed E-state index contributed by atoms with van der Waals surface area (Å²) in [6.07, 6.45) is 3.73. The molecular formula is C12H12BrClN2O2S. The smallest absolute Gasteiger partial charge is 0.240 e. The molecule has 1 heterocycles. The maximum absolute atomic E-state index is 12.1. The highest BCUT2D eigenvalue weighted by Crippen LogP contribution is 2.25. The van der Waals surface area contributed by atoms with Crippen molar-refractivity contribution in [1.82, 2.24) is 9.29 Å². The summed E-state index contributed by atoms with van der Waals surface area (Å²) in [5.41, 5.74) is 0.902. The van der Waals surface area contributed by atoms with Gasteiger partial charge in [-0.15, -0.1) is 0 Å². The van der Waals surface area contributed by atoms with Gasteiger partial charge < -0.3 is 4.57 Å². The summed E-state index contributed by atoms with van der Waals surface area (Å²) in [6.45, 7) is 0.253. The quantitative estimate of drug-likeness (QED) is 0.908. The molecule has 1 N–H and O–H groups in total. The first-order valence-corrected chi connectivity index (χ1v) is 8.09. The second-order valence-electron chi connectivity index (χ2n) is 4.09. The second kappa shape index (κ2) is 5.66. The molecule has 19 heavy (non-hydrogen) atoms. The zero-order chi connectivity index (χ0) is 14.0. The van der Waals surface area contributed by atoms with Crippen LogP contribution in [-0.4, -0.2) is 13.0 Å². The van der Waals surface area contributed by atoms with Crippen LogP contribution in [0.1, 0.15) is 5.56 Å². The van der Waals surface area contributed by atoms with Crippen LogP contribution in [0.2, 0.25) is 5.02 Å². The predicted molar refractivity (Wildman–Crippen MR) is 78.6 cm³/mol. The van der Waals surface area contributed by atoms with E-state index in [0.29, 0.717) is 9.50 Å². The SMILES string of the molecule is Cn1ccc(CNS(=O)(=O)c2ccc(Cl)c(Br)c2)c1. The van der Waals surface area contributed by atoms with Crippen molar-refractivity contribution in [3.63, 3.8) is 0 Å². The molecule has 0 fully saturated rings. The van der Waals surface area contributed by atoms with Crippen LogP contribution in [0.4, 0.5) is 0 Å². The number of rotatable bonds is 4. The molecular weight excluding hydrogens is 352 g/mol. The highest BCUT2D eigenvalue weighted by Gasteiger charge is 2.15. The van der Waals surface area contributed by atoms with E-state index in [4.69, 9.17) is 11.6 Å². The molecule has 1 aromatic carbocycles. The third-order valence-corrected chi connectivity index (χ3v) is 5.17. The first-order valence-electron chi connectivity index (χ1n) is 5.44. The van der Waals surface area contributed by atoms with Gasteiger partial charge in [0, 0.05) is 30.5 Å². The van der Waals surface area contributed by atoms with E-state index in [0.717, 1.165) is 5.56 Å². The van der Waals surface area contributed by atoms with Gasteiger partial charge in [-0.05, 0) is 45.8 Å². The van der Waals surface area contributed by atoms with Gasteiger partial charge in [0.05, 0.1) is 9.92 Å². The number of hydrogen-bond donors (Lipinski definition) is 1. The lowest BCUT2D eigenvalue weighted by Crippen LogP contribution is -2.23. The number of aryl methyl sites for hydroxylation is 1. The topological polar surface area (TPSA) is 51.1 Å². The van der Waals surface area contributed by atoms with E-state index in [1.165, 1.54) is 12.1 Å². The standard InChI is InChI=1S/C12H12BrClN2O2S/c1-16-5-4-9(8-16)7-15-19(17,18)10-2-3-12(14)11(13)6-10/h2-6,8,15H,7H2,1H3. The first-order chi connectivity index (χ1) is 8.88. The molecule has 2 aromatic rings.